The quantitative estimate of drug-likeness (QED) is 0.916. The van der Waals surface area contributed by atoms with Crippen LogP contribution in [0.5, 0.6) is 0 Å². The summed E-state index contributed by atoms with van der Waals surface area (Å²) in [5, 5.41) is 0. The fourth-order valence-corrected chi connectivity index (χ4v) is 3.44. The largest absolute Gasteiger partial charge is 0.472 e. The molecule has 2 rings (SSSR count). The van der Waals surface area contributed by atoms with Crippen molar-refractivity contribution >= 4 is 0 Å². The Hall–Kier alpha value is -0.800. The van der Waals surface area contributed by atoms with E-state index in [1.54, 1.807) is 6.26 Å². The second-order valence-electron chi connectivity index (χ2n) is 7.63. The molecule has 0 aliphatic heterocycles. The summed E-state index contributed by atoms with van der Waals surface area (Å²) in [6.45, 7) is 9.11. The lowest BCUT2D eigenvalue weighted by atomic mass is 9.67. The summed E-state index contributed by atoms with van der Waals surface area (Å²) in [6.07, 6.45) is 7.29. The highest BCUT2D eigenvalue weighted by Crippen LogP contribution is 2.40. The average molecular weight is 278 g/mol. The normalized spacial score (nSPS) is 28.0. The Bertz CT molecular complexity index is 394. The minimum absolute atomic E-state index is 0.361. The number of rotatable bonds is 4. The Morgan fingerprint density at radius 3 is 2.70 bits per heavy atom. The van der Waals surface area contributed by atoms with Gasteiger partial charge in [-0.25, -0.2) is 0 Å². The fraction of sp³-hybridized carbons (Fsp3) is 0.765. The Kier molecular flexibility index (Phi) is 4.92. The first-order valence-electron chi connectivity index (χ1n) is 7.81. The molecule has 114 valence electrons. The van der Waals surface area contributed by atoms with Crippen molar-refractivity contribution in [3.63, 3.8) is 0 Å². The summed E-state index contributed by atoms with van der Waals surface area (Å²) in [4.78, 5) is 2.38. The van der Waals surface area contributed by atoms with E-state index in [4.69, 9.17) is 10.2 Å². The molecule has 0 saturated heterocycles. The molecule has 0 bridgehead atoms. The van der Waals surface area contributed by atoms with E-state index in [2.05, 4.69) is 32.7 Å². The van der Waals surface area contributed by atoms with Crippen molar-refractivity contribution in [1.82, 2.24) is 4.90 Å². The van der Waals surface area contributed by atoms with Crippen LogP contribution in [0.2, 0.25) is 0 Å². The maximum atomic E-state index is 6.36. The summed E-state index contributed by atoms with van der Waals surface area (Å²) in [5.41, 5.74) is 8.01. The highest BCUT2D eigenvalue weighted by molar-refractivity contribution is 5.04. The van der Waals surface area contributed by atoms with Gasteiger partial charge in [-0.05, 0) is 49.6 Å². The lowest BCUT2D eigenvalue weighted by Crippen LogP contribution is -2.44. The zero-order valence-electron chi connectivity index (χ0n) is 13.4. The van der Waals surface area contributed by atoms with Crippen molar-refractivity contribution < 1.29 is 4.42 Å². The summed E-state index contributed by atoms with van der Waals surface area (Å²) >= 11 is 0. The minimum Gasteiger partial charge on any atom is -0.472 e. The first kappa shape index (κ1) is 15.6. The van der Waals surface area contributed by atoms with Crippen LogP contribution in [0.15, 0.2) is 23.0 Å². The standard InChI is InChI=1S/C17H30N2O/c1-17(2,3)15-5-6-16(18)14(9-15)11-19(4)10-13-7-8-20-12-13/h7-8,12,14-16H,5-6,9-11,18H2,1-4H3. The smallest absolute Gasteiger partial charge is 0.0947 e. The summed E-state index contributed by atoms with van der Waals surface area (Å²) in [7, 11) is 2.18. The monoisotopic (exact) mass is 278 g/mol. The van der Waals surface area contributed by atoms with Gasteiger partial charge in [-0.15, -0.1) is 0 Å². The van der Waals surface area contributed by atoms with Gasteiger partial charge >= 0.3 is 0 Å². The Labute approximate surface area is 123 Å². The molecule has 3 unspecified atom stereocenters. The zero-order chi connectivity index (χ0) is 14.8. The molecule has 3 nitrogen and oxygen atoms in total. The van der Waals surface area contributed by atoms with Gasteiger partial charge in [0.15, 0.2) is 0 Å². The molecular weight excluding hydrogens is 248 g/mol. The van der Waals surface area contributed by atoms with Crippen LogP contribution in [-0.2, 0) is 6.54 Å². The molecule has 1 fully saturated rings. The predicted molar refractivity (Wildman–Crippen MR) is 83.3 cm³/mol. The Morgan fingerprint density at radius 1 is 1.35 bits per heavy atom. The van der Waals surface area contributed by atoms with Gasteiger partial charge in [0.25, 0.3) is 0 Å². The van der Waals surface area contributed by atoms with E-state index in [1.807, 2.05) is 12.3 Å². The topological polar surface area (TPSA) is 42.4 Å². The molecule has 1 aromatic heterocycles. The van der Waals surface area contributed by atoms with E-state index in [0.717, 1.165) is 19.0 Å². The molecule has 0 aromatic carbocycles. The van der Waals surface area contributed by atoms with E-state index in [-0.39, 0.29) is 0 Å². The van der Waals surface area contributed by atoms with Crippen molar-refractivity contribution in [2.24, 2.45) is 23.0 Å². The van der Waals surface area contributed by atoms with Crippen molar-refractivity contribution in [1.29, 1.82) is 0 Å². The lowest BCUT2D eigenvalue weighted by molar-refractivity contribution is 0.104. The number of nitrogens with zero attached hydrogens (tertiary/aromatic N) is 1. The fourth-order valence-electron chi connectivity index (χ4n) is 3.44. The zero-order valence-corrected chi connectivity index (χ0v) is 13.4. The van der Waals surface area contributed by atoms with Crippen LogP contribution in [-0.4, -0.2) is 24.5 Å². The number of hydrogen-bond acceptors (Lipinski definition) is 3. The molecule has 1 heterocycles. The highest BCUT2D eigenvalue weighted by atomic mass is 16.3. The molecule has 1 aliphatic carbocycles. The SMILES string of the molecule is CN(Cc1ccoc1)CC1CC(C(C)(C)C)CCC1N. The average Bonchev–Trinajstić information content (AvgIpc) is 2.83. The second-order valence-corrected chi connectivity index (χ2v) is 7.63. The molecule has 0 amide bonds. The molecule has 1 saturated carbocycles. The molecule has 2 N–H and O–H groups in total. The molecular formula is C17H30N2O. The highest BCUT2D eigenvalue weighted by Gasteiger charge is 2.34. The first-order chi connectivity index (χ1) is 9.36. The molecule has 3 heteroatoms. The molecule has 0 radical (unpaired) electrons. The van der Waals surface area contributed by atoms with Gasteiger partial charge in [-0.3, -0.25) is 0 Å². The van der Waals surface area contributed by atoms with Crippen LogP contribution < -0.4 is 5.73 Å². The van der Waals surface area contributed by atoms with Crippen LogP contribution in [0.25, 0.3) is 0 Å². The Balaban J connectivity index is 1.89. The lowest BCUT2D eigenvalue weighted by Gasteiger charge is -2.41. The first-order valence-corrected chi connectivity index (χ1v) is 7.81. The van der Waals surface area contributed by atoms with Gasteiger partial charge in [0.2, 0.25) is 0 Å². The van der Waals surface area contributed by atoms with Gasteiger partial charge in [0.1, 0.15) is 0 Å². The molecule has 20 heavy (non-hydrogen) atoms. The third-order valence-corrected chi connectivity index (χ3v) is 4.84. The minimum atomic E-state index is 0.361. The van der Waals surface area contributed by atoms with Crippen molar-refractivity contribution in [2.75, 3.05) is 13.6 Å². The number of furan rings is 1. The van der Waals surface area contributed by atoms with Gasteiger partial charge in [-0.2, -0.15) is 0 Å². The van der Waals surface area contributed by atoms with E-state index in [9.17, 15) is 0 Å². The molecule has 3 atom stereocenters. The Morgan fingerprint density at radius 2 is 2.10 bits per heavy atom. The van der Waals surface area contributed by atoms with Crippen molar-refractivity contribution in [2.45, 2.75) is 52.6 Å². The maximum absolute atomic E-state index is 6.36. The van der Waals surface area contributed by atoms with Gasteiger partial charge in [0.05, 0.1) is 12.5 Å². The van der Waals surface area contributed by atoms with Gasteiger partial charge in [-0.1, -0.05) is 20.8 Å². The molecule has 1 aliphatic rings. The molecule has 1 aromatic rings. The van der Waals surface area contributed by atoms with Crippen LogP contribution in [0.1, 0.15) is 45.6 Å². The van der Waals surface area contributed by atoms with E-state index in [1.165, 1.54) is 24.8 Å². The summed E-state index contributed by atoms with van der Waals surface area (Å²) in [6, 6.07) is 2.40. The number of hydrogen-bond donors (Lipinski definition) is 1. The van der Waals surface area contributed by atoms with Crippen molar-refractivity contribution in [3.8, 4) is 0 Å². The maximum Gasteiger partial charge on any atom is 0.0947 e. The number of nitrogens with two attached hydrogens (primary N) is 1. The second kappa shape index (κ2) is 6.31. The van der Waals surface area contributed by atoms with Crippen LogP contribution in [0, 0.1) is 17.3 Å². The van der Waals surface area contributed by atoms with Crippen LogP contribution >= 0.6 is 0 Å². The molecule has 0 spiro atoms. The third kappa shape index (κ3) is 4.10. The van der Waals surface area contributed by atoms with Gasteiger partial charge < -0.3 is 15.1 Å². The van der Waals surface area contributed by atoms with Gasteiger partial charge in [0, 0.05) is 24.7 Å². The van der Waals surface area contributed by atoms with Crippen LogP contribution in [0.4, 0.5) is 0 Å². The van der Waals surface area contributed by atoms with E-state index >= 15 is 0 Å². The van der Waals surface area contributed by atoms with Crippen molar-refractivity contribution in [3.05, 3.63) is 24.2 Å². The van der Waals surface area contributed by atoms with Crippen LogP contribution in [0.3, 0.4) is 0 Å². The summed E-state index contributed by atoms with van der Waals surface area (Å²) < 4.78 is 5.14. The van der Waals surface area contributed by atoms with E-state index < -0.39 is 0 Å². The summed E-state index contributed by atoms with van der Waals surface area (Å²) in [5.74, 6) is 1.42. The van der Waals surface area contributed by atoms with E-state index in [0.29, 0.717) is 17.4 Å². The third-order valence-electron chi connectivity index (χ3n) is 4.84. The predicted octanol–water partition coefficient (Wildman–Crippen LogP) is 3.50.